The van der Waals surface area contributed by atoms with Crippen LogP contribution in [0.15, 0.2) is 30.9 Å². The van der Waals surface area contributed by atoms with Gasteiger partial charge in [0.15, 0.2) is 0 Å². The summed E-state index contributed by atoms with van der Waals surface area (Å²) in [5, 5.41) is 10.9. The number of nitrogens with zero attached hydrogens (tertiary/aromatic N) is 3. The molecule has 88 valence electrons. The molecule has 6 heteroatoms. The van der Waals surface area contributed by atoms with Crippen LogP contribution in [0.4, 0.5) is 10.1 Å². The number of rotatable bonds is 3. The van der Waals surface area contributed by atoms with Gasteiger partial charge in [-0.25, -0.2) is 9.37 Å². The molecule has 0 aliphatic rings. The van der Waals surface area contributed by atoms with Gasteiger partial charge in [0.2, 0.25) is 0 Å². The van der Waals surface area contributed by atoms with E-state index in [4.69, 9.17) is 0 Å². The normalized spacial score (nSPS) is 10.5. The fourth-order valence-electron chi connectivity index (χ4n) is 1.69. The lowest BCUT2D eigenvalue weighted by atomic mass is 10.1. The van der Waals surface area contributed by atoms with Crippen LogP contribution in [0.1, 0.15) is 11.1 Å². The van der Waals surface area contributed by atoms with E-state index in [0.29, 0.717) is 12.1 Å². The molecular weight excluding hydrogens is 225 g/mol. The number of hydrogen-bond acceptors (Lipinski definition) is 3. The van der Waals surface area contributed by atoms with Crippen molar-refractivity contribution in [1.29, 1.82) is 0 Å². The highest BCUT2D eigenvalue weighted by molar-refractivity contribution is 5.47. The molecule has 1 heterocycles. The SMILES string of the molecule is Cc1c(F)ccc(Cn2ccnc2)c1[N+](=O)[O-]. The lowest BCUT2D eigenvalue weighted by Gasteiger charge is -2.06. The molecule has 0 saturated carbocycles. The summed E-state index contributed by atoms with van der Waals surface area (Å²) in [6, 6.07) is 2.68. The van der Waals surface area contributed by atoms with Crippen molar-refractivity contribution >= 4 is 5.69 Å². The van der Waals surface area contributed by atoms with Gasteiger partial charge in [-0.3, -0.25) is 10.1 Å². The highest BCUT2D eigenvalue weighted by atomic mass is 19.1. The summed E-state index contributed by atoms with van der Waals surface area (Å²) >= 11 is 0. The lowest BCUT2D eigenvalue weighted by molar-refractivity contribution is -0.386. The van der Waals surface area contributed by atoms with E-state index in [1.165, 1.54) is 19.1 Å². The topological polar surface area (TPSA) is 61.0 Å². The first-order chi connectivity index (χ1) is 8.09. The Labute approximate surface area is 96.7 Å². The summed E-state index contributed by atoms with van der Waals surface area (Å²) < 4.78 is 15.0. The molecule has 17 heavy (non-hydrogen) atoms. The van der Waals surface area contributed by atoms with Crippen molar-refractivity contribution in [3.8, 4) is 0 Å². The Balaban J connectivity index is 2.47. The Morgan fingerprint density at radius 2 is 2.29 bits per heavy atom. The predicted molar refractivity (Wildman–Crippen MR) is 59.1 cm³/mol. The van der Waals surface area contributed by atoms with E-state index in [2.05, 4.69) is 4.98 Å². The van der Waals surface area contributed by atoms with Crippen molar-refractivity contribution in [2.45, 2.75) is 13.5 Å². The van der Waals surface area contributed by atoms with Gasteiger partial charge in [-0.15, -0.1) is 0 Å². The van der Waals surface area contributed by atoms with E-state index >= 15 is 0 Å². The molecule has 0 bridgehead atoms. The fourth-order valence-corrected chi connectivity index (χ4v) is 1.69. The lowest BCUT2D eigenvalue weighted by Crippen LogP contribution is -2.04. The van der Waals surface area contributed by atoms with Gasteiger partial charge in [-0.1, -0.05) is 0 Å². The first kappa shape index (κ1) is 11.3. The van der Waals surface area contributed by atoms with Gasteiger partial charge in [0.25, 0.3) is 5.69 Å². The van der Waals surface area contributed by atoms with Gasteiger partial charge in [0.1, 0.15) is 5.82 Å². The van der Waals surface area contributed by atoms with Crippen molar-refractivity contribution in [2.75, 3.05) is 0 Å². The maximum absolute atomic E-state index is 13.3. The standard InChI is InChI=1S/C11H10FN3O2/c1-8-10(12)3-2-9(11(8)15(16)17)6-14-5-4-13-7-14/h2-5,7H,6H2,1H3. The molecule has 0 aliphatic carbocycles. The number of imidazole rings is 1. The number of hydrogen-bond donors (Lipinski definition) is 0. The molecule has 1 aromatic heterocycles. The van der Waals surface area contributed by atoms with Gasteiger partial charge in [-0.05, 0) is 19.1 Å². The summed E-state index contributed by atoms with van der Waals surface area (Å²) in [6.07, 6.45) is 4.84. The van der Waals surface area contributed by atoms with Gasteiger partial charge < -0.3 is 4.57 Å². The van der Waals surface area contributed by atoms with Crippen molar-refractivity contribution in [3.63, 3.8) is 0 Å². The van der Waals surface area contributed by atoms with Crippen molar-refractivity contribution < 1.29 is 9.31 Å². The van der Waals surface area contributed by atoms with Crippen molar-refractivity contribution in [1.82, 2.24) is 9.55 Å². The maximum atomic E-state index is 13.3. The number of halogens is 1. The highest BCUT2D eigenvalue weighted by Gasteiger charge is 2.20. The summed E-state index contributed by atoms with van der Waals surface area (Å²) in [5.74, 6) is -0.564. The van der Waals surface area contributed by atoms with E-state index in [-0.39, 0.29) is 11.3 Å². The van der Waals surface area contributed by atoms with E-state index in [1.807, 2.05) is 0 Å². The van der Waals surface area contributed by atoms with Crippen LogP contribution in [0.25, 0.3) is 0 Å². The Morgan fingerprint density at radius 3 is 2.88 bits per heavy atom. The average Bonchev–Trinajstić information content (AvgIpc) is 2.76. The molecule has 0 spiro atoms. The Bertz CT molecular complexity index is 552. The van der Waals surface area contributed by atoms with Crippen LogP contribution < -0.4 is 0 Å². The first-order valence-electron chi connectivity index (χ1n) is 4.97. The maximum Gasteiger partial charge on any atom is 0.280 e. The van der Waals surface area contributed by atoms with Gasteiger partial charge in [0, 0.05) is 18.0 Å². The second kappa shape index (κ2) is 4.32. The summed E-state index contributed by atoms with van der Waals surface area (Å²) in [5.41, 5.74) is 0.359. The zero-order chi connectivity index (χ0) is 12.4. The number of nitro benzene ring substituents is 1. The van der Waals surface area contributed by atoms with Crippen molar-refractivity contribution in [2.24, 2.45) is 0 Å². The molecule has 0 N–H and O–H groups in total. The van der Waals surface area contributed by atoms with Crippen LogP contribution in [-0.4, -0.2) is 14.5 Å². The molecule has 0 atom stereocenters. The largest absolute Gasteiger partial charge is 0.333 e. The smallest absolute Gasteiger partial charge is 0.280 e. The zero-order valence-electron chi connectivity index (χ0n) is 9.13. The quantitative estimate of drug-likeness (QED) is 0.605. The highest BCUT2D eigenvalue weighted by Crippen LogP contribution is 2.26. The third kappa shape index (κ3) is 2.15. The summed E-state index contributed by atoms with van der Waals surface area (Å²) in [4.78, 5) is 14.2. The Morgan fingerprint density at radius 1 is 1.53 bits per heavy atom. The number of benzene rings is 1. The van der Waals surface area contributed by atoms with Crippen LogP contribution in [0.3, 0.4) is 0 Å². The second-order valence-electron chi connectivity index (χ2n) is 3.67. The number of nitro groups is 1. The molecule has 0 amide bonds. The number of aromatic nitrogens is 2. The van der Waals surface area contributed by atoms with Gasteiger partial charge in [-0.2, -0.15) is 0 Å². The second-order valence-corrected chi connectivity index (χ2v) is 3.67. The monoisotopic (exact) mass is 235 g/mol. The van der Waals surface area contributed by atoms with Gasteiger partial charge in [0.05, 0.1) is 23.4 Å². The minimum atomic E-state index is -0.564. The molecule has 5 nitrogen and oxygen atoms in total. The molecule has 0 aliphatic heterocycles. The minimum Gasteiger partial charge on any atom is -0.333 e. The Kier molecular flexibility index (Phi) is 2.86. The molecule has 2 aromatic rings. The molecule has 0 radical (unpaired) electrons. The van der Waals surface area contributed by atoms with Crippen LogP contribution in [-0.2, 0) is 6.54 Å². The summed E-state index contributed by atoms with van der Waals surface area (Å²) in [7, 11) is 0. The van der Waals surface area contributed by atoms with Crippen LogP contribution in [0.2, 0.25) is 0 Å². The molecule has 2 rings (SSSR count). The van der Waals surface area contributed by atoms with E-state index < -0.39 is 10.7 Å². The van der Waals surface area contributed by atoms with E-state index in [9.17, 15) is 14.5 Å². The molecule has 0 fully saturated rings. The molecule has 1 aromatic carbocycles. The minimum absolute atomic E-state index is 0.0626. The zero-order valence-corrected chi connectivity index (χ0v) is 9.13. The average molecular weight is 235 g/mol. The molecular formula is C11H10FN3O2. The van der Waals surface area contributed by atoms with Crippen LogP contribution >= 0.6 is 0 Å². The van der Waals surface area contributed by atoms with Gasteiger partial charge >= 0.3 is 0 Å². The van der Waals surface area contributed by atoms with E-state index in [1.54, 1.807) is 23.3 Å². The summed E-state index contributed by atoms with van der Waals surface area (Å²) in [6.45, 7) is 1.71. The van der Waals surface area contributed by atoms with Crippen LogP contribution in [0.5, 0.6) is 0 Å². The third-order valence-electron chi connectivity index (χ3n) is 2.54. The van der Waals surface area contributed by atoms with Crippen molar-refractivity contribution in [3.05, 3.63) is 57.9 Å². The first-order valence-corrected chi connectivity index (χ1v) is 4.97. The predicted octanol–water partition coefficient (Wildman–Crippen LogP) is 2.29. The molecule has 0 saturated heterocycles. The fraction of sp³-hybridized carbons (Fsp3) is 0.182. The van der Waals surface area contributed by atoms with E-state index in [0.717, 1.165) is 0 Å². The molecule has 0 unspecified atom stereocenters. The Hall–Kier alpha value is -2.24. The van der Waals surface area contributed by atoms with Crippen LogP contribution in [0, 0.1) is 22.9 Å². The third-order valence-corrected chi connectivity index (χ3v) is 2.54.